The molecule has 0 saturated heterocycles. The highest BCUT2D eigenvalue weighted by Crippen LogP contribution is 2.40. The maximum atomic E-state index is 14.7. The van der Waals surface area contributed by atoms with Crippen molar-refractivity contribution in [1.82, 2.24) is 0 Å². The molecule has 4 rings (SSSR count). The maximum Gasteiger partial charge on any atom is 0.416 e. The van der Waals surface area contributed by atoms with E-state index in [0.717, 1.165) is 41.8 Å². The predicted octanol–water partition coefficient (Wildman–Crippen LogP) is 10.6. The Hall–Kier alpha value is -2.89. The second-order valence-electron chi connectivity index (χ2n) is 10.1. The molecule has 0 aromatic heterocycles. The normalized spacial score (nSPS) is 18.1. The first kappa shape index (κ1) is 27.2. The Morgan fingerprint density at radius 1 is 0.865 bits per heavy atom. The van der Waals surface area contributed by atoms with Crippen LogP contribution in [0.25, 0.3) is 11.1 Å². The van der Waals surface area contributed by atoms with Crippen molar-refractivity contribution in [3.05, 3.63) is 82.9 Å². The van der Waals surface area contributed by atoms with E-state index in [0.29, 0.717) is 17.0 Å². The summed E-state index contributed by atoms with van der Waals surface area (Å²) >= 11 is 0. The fourth-order valence-corrected chi connectivity index (χ4v) is 5.35. The van der Waals surface area contributed by atoms with Gasteiger partial charge in [0, 0.05) is 5.56 Å². The highest BCUT2D eigenvalue weighted by atomic mass is 19.4. The largest absolute Gasteiger partial charge is 0.454 e. The predicted molar refractivity (Wildman–Crippen MR) is 137 cm³/mol. The number of ether oxygens (including phenoxy) is 1. The Kier molecular flexibility index (Phi) is 8.56. The number of unbranched alkanes of at least 4 members (excludes halogenated alkanes) is 2. The fraction of sp³-hybridized carbons (Fsp3) is 0.419. The third-order valence-corrected chi connectivity index (χ3v) is 7.58. The topological polar surface area (TPSA) is 9.23 Å². The summed E-state index contributed by atoms with van der Waals surface area (Å²) in [6, 6.07) is 13.0. The lowest BCUT2D eigenvalue weighted by Gasteiger charge is -2.29. The van der Waals surface area contributed by atoms with Crippen molar-refractivity contribution in [2.45, 2.75) is 77.3 Å². The number of hydrogen-bond acceptors (Lipinski definition) is 1. The van der Waals surface area contributed by atoms with Gasteiger partial charge < -0.3 is 4.74 Å². The third-order valence-electron chi connectivity index (χ3n) is 7.58. The van der Waals surface area contributed by atoms with Crippen LogP contribution in [0.15, 0.2) is 54.6 Å². The number of benzene rings is 3. The van der Waals surface area contributed by atoms with Crippen LogP contribution >= 0.6 is 0 Å². The first-order valence-electron chi connectivity index (χ1n) is 13.1. The van der Waals surface area contributed by atoms with Crippen molar-refractivity contribution in [2.75, 3.05) is 0 Å². The number of rotatable bonds is 8. The zero-order chi connectivity index (χ0) is 26.6. The minimum atomic E-state index is -4.49. The molecule has 1 nitrogen and oxygen atoms in total. The van der Waals surface area contributed by atoms with Gasteiger partial charge in [-0.3, -0.25) is 0 Å². The molecular weight excluding hydrogens is 483 g/mol. The van der Waals surface area contributed by atoms with Gasteiger partial charge >= 0.3 is 6.18 Å². The summed E-state index contributed by atoms with van der Waals surface area (Å²) in [6.45, 7) is 3.85. The molecule has 198 valence electrons. The van der Waals surface area contributed by atoms with E-state index in [2.05, 4.69) is 19.1 Å². The molecule has 0 N–H and O–H groups in total. The molecule has 6 heteroatoms. The van der Waals surface area contributed by atoms with Gasteiger partial charge in [0.05, 0.1) is 5.56 Å². The SMILES string of the molecule is CCCCC[C@H]1CC[C@H](c2ccc(-c3cc(F)c(F)c(Oc4ccc(C(F)(F)F)cc4)c3C)cc2)CC1. The summed E-state index contributed by atoms with van der Waals surface area (Å²) in [5.74, 6) is -1.25. The van der Waals surface area contributed by atoms with Crippen LogP contribution in [0.4, 0.5) is 22.0 Å². The van der Waals surface area contributed by atoms with Gasteiger partial charge in [-0.15, -0.1) is 0 Å². The van der Waals surface area contributed by atoms with E-state index < -0.39 is 23.4 Å². The molecule has 0 amide bonds. The van der Waals surface area contributed by atoms with Gasteiger partial charge in [0.25, 0.3) is 0 Å². The van der Waals surface area contributed by atoms with E-state index in [1.807, 2.05) is 12.1 Å². The molecule has 0 spiro atoms. The van der Waals surface area contributed by atoms with Crippen LogP contribution in [0.5, 0.6) is 11.5 Å². The van der Waals surface area contributed by atoms with Crippen molar-refractivity contribution in [2.24, 2.45) is 5.92 Å². The quantitative estimate of drug-likeness (QED) is 0.214. The monoisotopic (exact) mass is 516 g/mol. The maximum absolute atomic E-state index is 14.7. The van der Waals surface area contributed by atoms with Crippen LogP contribution in [0, 0.1) is 24.5 Å². The molecule has 0 radical (unpaired) electrons. The van der Waals surface area contributed by atoms with Gasteiger partial charge in [0.15, 0.2) is 11.6 Å². The molecule has 0 unspecified atom stereocenters. The van der Waals surface area contributed by atoms with Crippen molar-refractivity contribution < 1.29 is 26.7 Å². The smallest absolute Gasteiger partial charge is 0.416 e. The second kappa shape index (κ2) is 11.7. The number of halogens is 5. The van der Waals surface area contributed by atoms with Gasteiger partial charge in [-0.25, -0.2) is 4.39 Å². The van der Waals surface area contributed by atoms with Crippen molar-refractivity contribution in [1.29, 1.82) is 0 Å². The van der Waals surface area contributed by atoms with Crippen LogP contribution in [0.1, 0.15) is 80.9 Å². The Bertz CT molecular complexity index is 1170. The van der Waals surface area contributed by atoms with E-state index in [1.165, 1.54) is 56.9 Å². The molecule has 3 aromatic rings. The van der Waals surface area contributed by atoms with Gasteiger partial charge in [0.1, 0.15) is 5.75 Å². The third kappa shape index (κ3) is 6.52. The van der Waals surface area contributed by atoms with E-state index >= 15 is 0 Å². The molecule has 1 saturated carbocycles. The first-order valence-corrected chi connectivity index (χ1v) is 13.1. The summed E-state index contributed by atoms with van der Waals surface area (Å²) in [5, 5.41) is 0. The Morgan fingerprint density at radius 2 is 1.51 bits per heavy atom. The molecule has 0 aliphatic heterocycles. The first-order chi connectivity index (χ1) is 17.7. The minimum absolute atomic E-state index is 0.00723. The van der Waals surface area contributed by atoms with Crippen LogP contribution < -0.4 is 4.74 Å². The van der Waals surface area contributed by atoms with Crippen molar-refractivity contribution >= 4 is 0 Å². The standard InChI is InChI=1S/C31H33F5O/c1-3-4-5-6-21-7-9-22(10-8-21)23-11-13-24(14-12-23)27-19-28(32)29(33)30(20(27)2)37-26-17-15-25(16-18-26)31(34,35)36/h11-19,21-22H,3-10H2,1-2H3/t21-,22-. The van der Waals surface area contributed by atoms with E-state index in [-0.39, 0.29) is 11.5 Å². The minimum Gasteiger partial charge on any atom is -0.454 e. The molecule has 37 heavy (non-hydrogen) atoms. The fourth-order valence-electron chi connectivity index (χ4n) is 5.35. The molecule has 0 heterocycles. The molecule has 0 atom stereocenters. The van der Waals surface area contributed by atoms with Crippen molar-refractivity contribution in [3.63, 3.8) is 0 Å². The van der Waals surface area contributed by atoms with Crippen LogP contribution in [-0.2, 0) is 6.18 Å². The summed E-state index contributed by atoms with van der Waals surface area (Å²) in [4.78, 5) is 0. The van der Waals surface area contributed by atoms with Crippen LogP contribution in [0.3, 0.4) is 0 Å². The molecular formula is C31H33F5O. The average molecular weight is 517 g/mol. The highest BCUT2D eigenvalue weighted by molar-refractivity contribution is 5.70. The van der Waals surface area contributed by atoms with Gasteiger partial charge in [-0.2, -0.15) is 17.6 Å². The zero-order valence-electron chi connectivity index (χ0n) is 21.3. The summed E-state index contributed by atoms with van der Waals surface area (Å²) in [7, 11) is 0. The summed E-state index contributed by atoms with van der Waals surface area (Å²) in [5.41, 5.74) is 2.00. The van der Waals surface area contributed by atoms with Gasteiger partial charge in [-0.05, 0) is 91.5 Å². The number of alkyl halides is 3. The Labute approximate surface area is 215 Å². The zero-order valence-corrected chi connectivity index (χ0v) is 21.3. The lowest BCUT2D eigenvalue weighted by atomic mass is 9.77. The van der Waals surface area contributed by atoms with E-state index in [1.54, 1.807) is 6.92 Å². The molecule has 1 aliphatic rings. The Morgan fingerprint density at radius 3 is 2.11 bits per heavy atom. The Balaban J connectivity index is 1.49. The van der Waals surface area contributed by atoms with E-state index in [9.17, 15) is 22.0 Å². The molecule has 1 aliphatic carbocycles. The lowest BCUT2D eigenvalue weighted by molar-refractivity contribution is -0.137. The van der Waals surface area contributed by atoms with Crippen molar-refractivity contribution in [3.8, 4) is 22.6 Å². The highest BCUT2D eigenvalue weighted by Gasteiger charge is 2.30. The van der Waals surface area contributed by atoms with Gasteiger partial charge in [0.2, 0.25) is 5.82 Å². The van der Waals surface area contributed by atoms with Crippen LogP contribution in [0.2, 0.25) is 0 Å². The average Bonchev–Trinajstić information content (AvgIpc) is 2.89. The second-order valence-corrected chi connectivity index (χ2v) is 10.1. The molecule has 0 bridgehead atoms. The van der Waals surface area contributed by atoms with Crippen LogP contribution in [-0.4, -0.2) is 0 Å². The summed E-state index contributed by atoms with van der Waals surface area (Å²) in [6.07, 6.45) is 5.56. The number of hydrogen-bond donors (Lipinski definition) is 0. The lowest BCUT2D eigenvalue weighted by Crippen LogP contribution is -2.13. The summed E-state index contributed by atoms with van der Waals surface area (Å²) < 4.78 is 73.3. The van der Waals surface area contributed by atoms with E-state index in [4.69, 9.17) is 4.74 Å². The molecule has 3 aromatic carbocycles. The molecule has 1 fully saturated rings. The van der Waals surface area contributed by atoms with Gasteiger partial charge in [-0.1, -0.05) is 56.9 Å².